The van der Waals surface area contributed by atoms with Gasteiger partial charge in [0.1, 0.15) is 5.76 Å². The quantitative estimate of drug-likeness (QED) is 0.831. The minimum absolute atomic E-state index is 0.0543. The van der Waals surface area contributed by atoms with Gasteiger partial charge in [0.2, 0.25) is 5.91 Å². The summed E-state index contributed by atoms with van der Waals surface area (Å²) >= 11 is 0. The van der Waals surface area contributed by atoms with E-state index in [4.69, 9.17) is 4.42 Å². The van der Waals surface area contributed by atoms with Gasteiger partial charge in [-0.05, 0) is 49.6 Å². The van der Waals surface area contributed by atoms with Crippen molar-refractivity contribution in [2.75, 3.05) is 19.6 Å². The van der Waals surface area contributed by atoms with Gasteiger partial charge in [0.15, 0.2) is 0 Å². The molecule has 24 heavy (non-hydrogen) atoms. The van der Waals surface area contributed by atoms with Crippen LogP contribution in [0.5, 0.6) is 0 Å². The van der Waals surface area contributed by atoms with Crippen molar-refractivity contribution >= 4 is 12.0 Å². The molecule has 4 heteroatoms. The van der Waals surface area contributed by atoms with Crippen LogP contribution in [0.15, 0.2) is 59.2 Å². The number of amides is 1. The Bertz CT molecular complexity index is 650. The van der Waals surface area contributed by atoms with Crippen LogP contribution < -0.4 is 5.32 Å². The molecule has 0 spiro atoms. The Hall–Kier alpha value is -2.33. The molecule has 1 unspecified atom stereocenters. The second-order valence-corrected chi connectivity index (χ2v) is 6.23. The number of piperidine rings is 1. The average molecular weight is 324 g/mol. The first-order chi connectivity index (χ1) is 11.8. The molecule has 1 aromatic heterocycles. The first kappa shape index (κ1) is 16.5. The van der Waals surface area contributed by atoms with Gasteiger partial charge in [0.05, 0.1) is 6.26 Å². The second kappa shape index (κ2) is 8.50. The van der Waals surface area contributed by atoms with E-state index in [1.54, 1.807) is 18.4 Å². The van der Waals surface area contributed by atoms with Crippen molar-refractivity contribution in [3.8, 4) is 0 Å². The number of furan rings is 1. The largest absolute Gasteiger partial charge is 0.465 e. The standard InChI is InChI=1S/C20H24N2O2/c23-20(11-10-19-9-5-15-24-19)21-18-8-4-13-22(16-18)14-12-17-6-2-1-3-7-17/h1-3,5-7,9-11,15,18H,4,8,12-14,16H2,(H,21,23). The van der Waals surface area contributed by atoms with E-state index >= 15 is 0 Å². The first-order valence-electron chi connectivity index (χ1n) is 8.58. The smallest absolute Gasteiger partial charge is 0.244 e. The van der Waals surface area contributed by atoms with E-state index in [9.17, 15) is 4.79 Å². The normalized spacial score (nSPS) is 18.8. The number of nitrogens with zero attached hydrogens (tertiary/aromatic N) is 1. The molecule has 1 saturated heterocycles. The molecule has 0 aliphatic carbocycles. The Morgan fingerprint density at radius 3 is 2.92 bits per heavy atom. The summed E-state index contributed by atoms with van der Waals surface area (Å²) in [5, 5.41) is 3.10. The number of hydrogen-bond acceptors (Lipinski definition) is 3. The third-order valence-electron chi connectivity index (χ3n) is 4.35. The van der Waals surface area contributed by atoms with E-state index in [0.29, 0.717) is 5.76 Å². The summed E-state index contributed by atoms with van der Waals surface area (Å²) in [6.07, 6.45) is 8.07. The van der Waals surface area contributed by atoms with Crippen LogP contribution >= 0.6 is 0 Å². The van der Waals surface area contributed by atoms with Crippen LogP contribution in [0.2, 0.25) is 0 Å². The molecule has 2 heterocycles. The fourth-order valence-electron chi connectivity index (χ4n) is 3.10. The van der Waals surface area contributed by atoms with Crippen molar-refractivity contribution in [1.29, 1.82) is 0 Å². The van der Waals surface area contributed by atoms with Crippen LogP contribution in [0, 0.1) is 0 Å². The highest BCUT2D eigenvalue weighted by atomic mass is 16.3. The molecule has 1 aliphatic rings. The topological polar surface area (TPSA) is 45.5 Å². The number of carbonyl (C=O) groups excluding carboxylic acids is 1. The van der Waals surface area contributed by atoms with Crippen LogP contribution in [0.1, 0.15) is 24.2 Å². The minimum atomic E-state index is -0.0543. The Morgan fingerprint density at radius 1 is 1.25 bits per heavy atom. The lowest BCUT2D eigenvalue weighted by Crippen LogP contribution is -2.47. The van der Waals surface area contributed by atoms with E-state index in [1.165, 1.54) is 5.56 Å². The molecule has 1 fully saturated rings. The lowest BCUT2D eigenvalue weighted by atomic mass is 10.0. The van der Waals surface area contributed by atoms with Crippen LogP contribution in [0.3, 0.4) is 0 Å². The molecule has 4 nitrogen and oxygen atoms in total. The van der Waals surface area contributed by atoms with Crippen LogP contribution in [-0.4, -0.2) is 36.5 Å². The van der Waals surface area contributed by atoms with Gasteiger partial charge >= 0.3 is 0 Å². The van der Waals surface area contributed by atoms with Crippen molar-refractivity contribution in [3.05, 3.63) is 66.1 Å². The summed E-state index contributed by atoms with van der Waals surface area (Å²) < 4.78 is 5.19. The maximum absolute atomic E-state index is 12.0. The molecule has 1 aliphatic heterocycles. The third kappa shape index (κ3) is 5.10. The van der Waals surface area contributed by atoms with Gasteiger partial charge in [-0.25, -0.2) is 0 Å². The number of nitrogens with one attached hydrogen (secondary N) is 1. The molecule has 126 valence electrons. The predicted octanol–water partition coefficient (Wildman–Crippen LogP) is 3.12. The van der Waals surface area contributed by atoms with E-state index in [0.717, 1.165) is 38.9 Å². The van der Waals surface area contributed by atoms with Gasteiger partial charge in [0.25, 0.3) is 0 Å². The highest BCUT2D eigenvalue weighted by Crippen LogP contribution is 2.11. The monoisotopic (exact) mass is 324 g/mol. The molecule has 1 aromatic carbocycles. The Kier molecular flexibility index (Phi) is 5.85. The van der Waals surface area contributed by atoms with Gasteiger partial charge in [-0.3, -0.25) is 4.79 Å². The summed E-state index contributed by atoms with van der Waals surface area (Å²) in [6, 6.07) is 14.4. The van der Waals surface area contributed by atoms with Crippen LogP contribution in [0.4, 0.5) is 0 Å². The van der Waals surface area contributed by atoms with E-state index in [2.05, 4.69) is 34.5 Å². The molecule has 0 saturated carbocycles. The van der Waals surface area contributed by atoms with Gasteiger partial charge in [-0.15, -0.1) is 0 Å². The number of hydrogen-bond donors (Lipinski definition) is 1. The molecule has 2 aromatic rings. The van der Waals surface area contributed by atoms with E-state index < -0.39 is 0 Å². The van der Waals surface area contributed by atoms with Gasteiger partial charge in [-0.2, -0.15) is 0 Å². The number of rotatable bonds is 6. The van der Waals surface area contributed by atoms with Crippen molar-refractivity contribution in [1.82, 2.24) is 10.2 Å². The number of carbonyl (C=O) groups is 1. The van der Waals surface area contributed by atoms with Crippen LogP contribution in [-0.2, 0) is 11.2 Å². The molecular weight excluding hydrogens is 300 g/mol. The van der Waals surface area contributed by atoms with Crippen molar-refractivity contribution in [2.24, 2.45) is 0 Å². The summed E-state index contributed by atoms with van der Waals surface area (Å²) in [5.41, 5.74) is 1.37. The highest BCUT2D eigenvalue weighted by molar-refractivity contribution is 5.91. The Balaban J connectivity index is 1.44. The SMILES string of the molecule is O=C(C=Cc1ccco1)NC1CCCN(CCc2ccccc2)C1. The first-order valence-corrected chi connectivity index (χ1v) is 8.58. The zero-order chi connectivity index (χ0) is 16.6. The molecule has 1 atom stereocenters. The lowest BCUT2D eigenvalue weighted by molar-refractivity contribution is -0.117. The van der Waals surface area contributed by atoms with Crippen molar-refractivity contribution in [2.45, 2.75) is 25.3 Å². The van der Waals surface area contributed by atoms with Gasteiger partial charge < -0.3 is 14.6 Å². The molecule has 0 radical (unpaired) electrons. The maximum atomic E-state index is 12.0. The summed E-state index contributed by atoms with van der Waals surface area (Å²) in [6.45, 7) is 3.08. The molecule has 3 rings (SSSR count). The van der Waals surface area contributed by atoms with Crippen molar-refractivity contribution in [3.63, 3.8) is 0 Å². The van der Waals surface area contributed by atoms with E-state index in [1.807, 2.05) is 18.2 Å². The van der Waals surface area contributed by atoms with E-state index in [-0.39, 0.29) is 11.9 Å². The van der Waals surface area contributed by atoms with Crippen LogP contribution in [0.25, 0.3) is 6.08 Å². The van der Waals surface area contributed by atoms with Gasteiger partial charge in [-0.1, -0.05) is 30.3 Å². The number of benzene rings is 1. The zero-order valence-corrected chi connectivity index (χ0v) is 13.9. The fourth-order valence-corrected chi connectivity index (χ4v) is 3.10. The summed E-state index contributed by atoms with van der Waals surface area (Å²) in [7, 11) is 0. The Labute approximate surface area is 143 Å². The molecular formula is C20H24N2O2. The highest BCUT2D eigenvalue weighted by Gasteiger charge is 2.20. The molecule has 0 bridgehead atoms. The second-order valence-electron chi connectivity index (χ2n) is 6.23. The minimum Gasteiger partial charge on any atom is -0.465 e. The lowest BCUT2D eigenvalue weighted by Gasteiger charge is -2.33. The predicted molar refractivity (Wildman–Crippen MR) is 95.5 cm³/mol. The average Bonchev–Trinajstić information content (AvgIpc) is 3.13. The van der Waals surface area contributed by atoms with Gasteiger partial charge in [0, 0.05) is 25.2 Å². The van der Waals surface area contributed by atoms with Crippen molar-refractivity contribution < 1.29 is 9.21 Å². The number of likely N-dealkylation sites (tertiary alicyclic amines) is 1. The third-order valence-corrected chi connectivity index (χ3v) is 4.35. The zero-order valence-electron chi connectivity index (χ0n) is 13.9. The Morgan fingerprint density at radius 2 is 2.12 bits per heavy atom. The fraction of sp³-hybridized carbons (Fsp3) is 0.350. The molecule has 1 amide bonds. The summed E-state index contributed by atoms with van der Waals surface area (Å²) in [4.78, 5) is 14.5. The molecule has 1 N–H and O–H groups in total. The summed E-state index contributed by atoms with van der Waals surface area (Å²) in [5.74, 6) is 0.639. The maximum Gasteiger partial charge on any atom is 0.244 e.